The molecule has 8 atom stereocenters. The molecule has 2 unspecified atom stereocenters. The number of nitrogens with zero attached hydrogens (tertiary/aromatic N) is 4. The molecule has 4 saturated heterocycles. The van der Waals surface area contributed by atoms with Crippen LogP contribution in [0.25, 0.3) is 0 Å². The molecule has 6 aromatic carbocycles. The highest BCUT2D eigenvalue weighted by molar-refractivity contribution is 7.92. The van der Waals surface area contributed by atoms with Gasteiger partial charge in [-0.2, -0.15) is 0 Å². The average molecular weight is 1320 g/mol. The lowest BCUT2D eigenvalue weighted by Gasteiger charge is -2.32. The van der Waals surface area contributed by atoms with Crippen LogP contribution in [-0.4, -0.2) is 150 Å². The molecule has 4 N–H and O–H groups in total. The van der Waals surface area contributed by atoms with Crippen molar-refractivity contribution in [3.05, 3.63) is 188 Å². The number of carbonyl (C=O) groups excluding carboxylic acids is 4. The molecule has 0 radical (unpaired) electrons. The van der Waals surface area contributed by atoms with Gasteiger partial charge in [0.25, 0.3) is 0 Å². The smallest absolute Gasteiger partial charge is 0.240 e. The van der Waals surface area contributed by atoms with Gasteiger partial charge in [-0.15, -0.1) is 0 Å². The standard InChI is InChI=1S/C34H38Cl2N2O5S.C33H37Cl2N3O5S/c1-23-19-29-34(41)37(18-17-26(38(29)21-23)14-11-24-7-3-2-4-8-24)30(22-44(42,43)33-10-6-5-9-32(33)40)31(39)16-13-25-12-15-27(35)28(36)20-25;34-26-14-11-23(18-27(26)35)12-15-30(39)29(21-44(42,43)32-9-5-4-8-31(32)40)37-17-16-25(13-10-22-6-2-1-3-7-22)38-20-24(36)19-28(38)33(37)41/h2-10,12,15,20,23,26,29-30,40H,11,13-14,16-19,21-22H2,1H3;1-9,11,14,18,24-25,28-29,40H,10,12-13,15-17,19-21,36H2/t23-,26?,29+,30-;24-,25?,28+,29-/m11/s1. The van der Waals surface area contributed by atoms with Crippen molar-refractivity contribution in [1.82, 2.24) is 19.6 Å². The second kappa shape index (κ2) is 29.8. The van der Waals surface area contributed by atoms with E-state index >= 15 is 0 Å². The zero-order valence-electron chi connectivity index (χ0n) is 49.1. The maximum Gasteiger partial charge on any atom is 0.240 e. The molecule has 4 aliphatic rings. The highest BCUT2D eigenvalue weighted by Crippen LogP contribution is 2.36. The van der Waals surface area contributed by atoms with E-state index in [1.54, 1.807) is 36.4 Å². The van der Waals surface area contributed by atoms with Gasteiger partial charge < -0.3 is 25.7 Å². The summed E-state index contributed by atoms with van der Waals surface area (Å²) in [6.45, 7) is 3.99. The second-order valence-corrected chi connectivity index (χ2v) is 29.4. The number of aryl methyl sites for hydroxylation is 4. The highest BCUT2D eigenvalue weighted by atomic mass is 35.5. The zero-order chi connectivity index (χ0) is 62.9. The molecule has 4 fully saturated rings. The van der Waals surface area contributed by atoms with Crippen LogP contribution in [0.15, 0.2) is 155 Å². The molecule has 88 heavy (non-hydrogen) atoms. The summed E-state index contributed by atoms with van der Waals surface area (Å²) >= 11 is 24.5. The van der Waals surface area contributed by atoms with Gasteiger partial charge in [0.05, 0.1) is 43.7 Å². The number of aromatic hydroxyl groups is 2. The van der Waals surface area contributed by atoms with Gasteiger partial charge in [-0.05, 0) is 141 Å². The van der Waals surface area contributed by atoms with Crippen molar-refractivity contribution in [2.45, 2.75) is 136 Å². The topological polar surface area (TPSA) is 216 Å². The Bertz CT molecular complexity index is 3440. The molecule has 4 heterocycles. The minimum Gasteiger partial charge on any atom is -0.507 e. The number of phenolic OH excluding ortho intramolecular Hbond substituents is 2. The molecule has 6 aromatic rings. The van der Waals surface area contributed by atoms with E-state index in [1.807, 2.05) is 36.4 Å². The third-order valence-corrected chi connectivity index (χ3v) is 22.6. The molecule has 15 nitrogen and oxygen atoms in total. The van der Waals surface area contributed by atoms with Crippen molar-refractivity contribution in [1.29, 1.82) is 0 Å². The Hall–Kier alpha value is -5.86. The van der Waals surface area contributed by atoms with E-state index in [-0.39, 0.29) is 83.0 Å². The van der Waals surface area contributed by atoms with Gasteiger partial charge in [-0.1, -0.05) is 150 Å². The third kappa shape index (κ3) is 16.6. The first-order chi connectivity index (χ1) is 42.1. The van der Waals surface area contributed by atoms with Crippen molar-refractivity contribution < 1.29 is 46.2 Å². The number of ketones is 2. The van der Waals surface area contributed by atoms with Crippen LogP contribution in [0.5, 0.6) is 11.5 Å². The fourth-order valence-corrected chi connectivity index (χ4v) is 16.9. The average Bonchev–Trinajstić information content (AvgIpc) is 2.05. The Morgan fingerprint density at radius 2 is 0.920 bits per heavy atom. The van der Waals surface area contributed by atoms with Crippen molar-refractivity contribution in [2.24, 2.45) is 11.7 Å². The normalized spacial score (nSPS) is 21.6. The summed E-state index contributed by atoms with van der Waals surface area (Å²) in [5, 5.41) is 22.3. The summed E-state index contributed by atoms with van der Waals surface area (Å²) in [5.41, 5.74) is 10.3. The summed E-state index contributed by atoms with van der Waals surface area (Å²) in [7, 11) is -8.27. The van der Waals surface area contributed by atoms with E-state index in [0.29, 0.717) is 71.1 Å². The Morgan fingerprint density at radius 3 is 1.34 bits per heavy atom. The fourth-order valence-electron chi connectivity index (χ4n) is 13.0. The minimum absolute atomic E-state index is 0.00592. The number of para-hydroxylation sites is 2. The fraction of sp³-hybridized carbons (Fsp3) is 0.403. The Kier molecular flexibility index (Phi) is 22.6. The molecular formula is C67H75Cl4N5O10S2. The minimum atomic E-state index is -4.15. The van der Waals surface area contributed by atoms with E-state index in [1.165, 1.54) is 69.5 Å². The van der Waals surface area contributed by atoms with Crippen LogP contribution in [-0.2, 0) is 64.5 Å². The van der Waals surface area contributed by atoms with Crippen molar-refractivity contribution in [3.63, 3.8) is 0 Å². The van der Waals surface area contributed by atoms with Crippen LogP contribution < -0.4 is 5.73 Å². The van der Waals surface area contributed by atoms with Gasteiger partial charge in [0.2, 0.25) is 11.8 Å². The summed E-state index contributed by atoms with van der Waals surface area (Å²) in [6, 6.07) is 38.5. The van der Waals surface area contributed by atoms with Gasteiger partial charge in [0.15, 0.2) is 31.2 Å². The number of Topliss-reactive ketones (excluding diaryl/α,β-unsaturated/α-hetero) is 2. The predicted octanol–water partition coefficient (Wildman–Crippen LogP) is 10.7. The summed E-state index contributed by atoms with van der Waals surface area (Å²) in [6.07, 6.45) is 6.30. The van der Waals surface area contributed by atoms with Crippen LogP contribution in [0.3, 0.4) is 0 Å². The summed E-state index contributed by atoms with van der Waals surface area (Å²) in [4.78, 5) is 63.3. The van der Waals surface area contributed by atoms with Crippen molar-refractivity contribution in [2.75, 3.05) is 37.7 Å². The number of rotatable bonds is 22. The van der Waals surface area contributed by atoms with E-state index in [9.17, 15) is 46.2 Å². The van der Waals surface area contributed by atoms with Gasteiger partial charge in [0, 0.05) is 57.1 Å². The van der Waals surface area contributed by atoms with Crippen molar-refractivity contribution in [3.8, 4) is 11.5 Å². The van der Waals surface area contributed by atoms with Crippen molar-refractivity contribution >= 4 is 89.5 Å². The molecule has 0 bridgehead atoms. The molecule has 0 saturated carbocycles. The molecule has 0 aromatic heterocycles. The molecule has 0 spiro atoms. The number of sulfone groups is 2. The lowest BCUT2D eigenvalue weighted by atomic mass is 10.0. The Labute approximate surface area is 536 Å². The van der Waals surface area contributed by atoms with Gasteiger partial charge >= 0.3 is 0 Å². The summed E-state index contributed by atoms with van der Waals surface area (Å²) < 4.78 is 54.6. The number of halogens is 4. The zero-order valence-corrected chi connectivity index (χ0v) is 53.7. The lowest BCUT2D eigenvalue weighted by molar-refractivity contribution is -0.141. The number of fused-ring (bicyclic) bond motifs is 2. The number of nitrogens with two attached hydrogens (primary N) is 1. The van der Waals surface area contributed by atoms with E-state index < -0.39 is 61.1 Å². The number of carbonyl (C=O) groups is 4. The molecule has 4 aliphatic heterocycles. The molecule has 21 heteroatoms. The summed E-state index contributed by atoms with van der Waals surface area (Å²) in [5.74, 6) is -2.91. The van der Waals surface area contributed by atoms with Crippen LogP contribution in [0.4, 0.5) is 0 Å². The SMILES string of the molecule is C[C@@H]1C[C@H]2C(=O)N([C@H](CS(=O)(=O)c3ccccc3O)C(=O)CCc3ccc(Cl)c(Cl)c3)CCC(CCc3ccccc3)N2C1.N[C@@H]1C[C@H]2C(=O)N([C@H](CS(=O)(=O)c3ccccc3O)C(=O)CCc3ccc(Cl)c(Cl)c3)CCC(CCc3ccccc3)N2C1. The van der Waals surface area contributed by atoms with Crippen LogP contribution in [0.1, 0.15) is 80.5 Å². The maximum atomic E-state index is 14.2. The number of hydrogen-bond acceptors (Lipinski definition) is 13. The van der Waals surface area contributed by atoms with Crippen LogP contribution in [0.2, 0.25) is 20.1 Å². The Balaban J connectivity index is 0.000000209. The molecule has 2 amide bonds. The lowest BCUT2D eigenvalue weighted by Crippen LogP contribution is -2.53. The Morgan fingerprint density at radius 1 is 0.523 bits per heavy atom. The number of hydrogen-bond donors (Lipinski definition) is 3. The van der Waals surface area contributed by atoms with Gasteiger partial charge in [-0.25, -0.2) is 16.8 Å². The second-order valence-electron chi connectivity index (χ2n) is 23.7. The van der Waals surface area contributed by atoms with E-state index in [4.69, 9.17) is 52.1 Å². The molecular weight excluding hydrogens is 1240 g/mol. The van der Waals surface area contributed by atoms with Crippen LogP contribution >= 0.6 is 46.4 Å². The number of benzene rings is 6. The largest absolute Gasteiger partial charge is 0.507 e. The first kappa shape index (κ1) is 66.6. The number of phenols is 2. The van der Waals surface area contributed by atoms with Crippen LogP contribution in [0, 0.1) is 5.92 Å². The molecule has 468 valence electrons. The first-order valence-electron chi connectivity index (χ1n) is 30.0. The van der Waals surface area contributed by atoms with E-state index in [2.05, 4.69) is 41.0 Å². The third-order valence-electron chi connectivity index (χ3n) is 17.6. The van der Waals surface area contributed by atoms with Gasteiger partial charge in [0.1, 0.15) is 33.4 Å². The first-order valence-corrected chi connectivity index (χ1v) is 34.8. The quantitative estimate of drug-likeness (QED) is 0.0577. The van der Waals surface area contributed by atoms with Gasteiger partial charge in [-0.3, -0.25) is 29.0 Å². The monoisotopic (exact) mass is 1310 g/mol. The molecule has 0 aliphatic carbocycles. The van der Waals surface area contributed by atoms with E-state index in [0.717, 1.165) is 43.4 Å². The maximum absolute atomic E-state index is 14.2. The number of amides is 2. The molecule has 10 rings (SSSR count). The highest BCUT2D eigenvalue weighted by Gasteiger charge is 2.48. The predicted molar refractivity (Wildman–Crippen MR) is 345 cm³/mol.